The van der Waals surface area contributed by atoms with Crippen molar-refractivity contribution in [1.82, 2.24) is 0 Å². The lowest BCUT2D eigenvalue weighted by atomic mass is 9.98. The number of rotatable bonds is 50. The van der Waals surface area contributed by atoms with E-state index in [9.17, 15) is 34.5 Å². The molecule has 0 aromatic heterocycles. The second-order valence-electron chi connectivity index (χ2n) is 20.2. The molecule has 1 rings (SSSR count). The summed E-state index contributed by atoms with van der Waals surface area (Å²) in [7, 11) is 0. The normalized spacial score (nSPS) is 18.7. The minimum Gasteiger partial charge on any atom is -0.479 e. The Morgan fingerprint density at radius 2 is 0.818 bits per heavy atom. The number of unbranched alkanes of at least 4 members (excludes halogenated alkanes) is 20. The third kappa shape index (κ3) is 42.3. The van der Waals surface area contributed by atoms with E-state index in [0.29, 0.717) is 19.3 Å². The largest absolute Gasteiger partial charge is 0.479 e. The molecule has 3 N–H and O–H groups in total. The molecular formula is C65H106O12. The van der Waals surface area contributed by atoms with Crippen LogP contribution in [0.25, 0.3) is 0 Å². The molecule has 77 heavy (non-hydrogen) atoms. The first-order chi connectivity index (χ1) is 37.6. The monoisotopic (exact) mass is 1080 g/mol. The van der Waals surface area contributed by atoms with E-state index < -0.39 is 67.3 Å². The highest BCUT2D eigenvalue weighted by Crippen LogP contribution is 2.26. The van der Waals surface area contributed by atoms with E-state index in [0.717, 1.165) is 141 Å². The smallest absolute Gasteiger partial charge is 0.335 e. The van der Waals surface area contributed by atoms with Crippen LogP contribution in [0.5, 0.6) is 0 Å². The zero-order valence-electron chi connectivity index (χ0n) is 48.2. The maximum atomic E-state index is 13.1. The van der Waals surface area contributed by atoms with Crippen LogP contribution in [0.15, 0.2) is 97.2 Å². The van der Waals surface area contributed by atoms with Gasteiger partial charge in [-0.2, -0.15) is 0 Å². The van der Waals surface area contributed by atoms with Crippen LogP contribution in [-0.4, -0.2) is 89.2 Å². The maximum absolute atomic E-state index is 13.1. The fourth-order valence-electron chi connectivity index (χ4n) is 8.54. The minimum absolute atomic E-state index is 0.0358. The lowest BCUT2D eigenvalue weighted by molar-refractivity contribution is -0.301. The Morgan fingerprint density at radius 1 is 0.442 bits per heavy atom. The number of aliphatic carboxylic acids is 1. The third-order valence-electron chi connectivity index (χ3n) is 13.1. The van der Waals surface area contributed by atoms with E-state index in [1.54, 1.807) is 0 Å². The average molecular weight is 1080 g/mol. The molecule has 438 valence electrons. The fraction of sp³-hybridized carbons (Fsp3) is 0.692. The van der Waals surface area contributed by atoms with Crippen LogP contribution < -0.4 is 0 Å². The van der Waals surface area contributed by atoms with Gasteiger partial charge in [-0.3, -0.25) is 14.4 Å². The average Bonchev–Trinajstić information content (AvgIpc) is 3.42. The zero-order valence-corrected chi connectivity index (χ0v) is 48.2. The number of hydrogen-bond acceptors (Lipinski definition) is 11. The van der Waals surface area contributed by atoms with Crippen molar-refractivity contribution >= 4 is 23.9 Å². The number of carboxylic acid groups (broad SMARTS) is 1. The molecular weight excluding hydrogens is 973 g/mol. The predicted octanol–water partition coefficient (Wildman–Crippen LogP) is 15.7. The van der Waals surface area contributed by atoms with Crippen molar-refractivity contribution in [2.45, 2.75) is 276 Å². The van der Waals surface area contributed by atoms with Gasteiger partial charge in [0.05, 0.1) is 6.61 Å². The standard InChI is InChI=1S/C65H106O12/c1-4-7-10-13-16-19-22-25-27-28-29-30-32-35-38-41-44-47-50-53-59(68)76-63-61(70)60(69)62(64(71)72)77-65(63)74-55-56(75-58(67)52-49-46-43-40-37-33-24-21-18-15-12-9-6-3)54-73-57(66)51-48-45-42-39-36-34-31-26-23-20-17-14-11-8-5-2/h7,9-10,12,16,18-19,21,25-27,29-31,33,37,56,60-63,65,69-70H,4-6,8,11,13-15,17,20,22-24,28,32,34-36,38-55H2,1-3H3,(H,71,72)/b10-7-,12-9-,19-16-,21-18-,27-25-,30-29-,31-26-,37-33-. The molecule has 0 bridgehead atoms. The van der Waals surface area contributed by atoms with Crippen molar-refractivity contribution in [1.29, 1.82) is 0 Å². The zero-order chi connectivity index (χ0) is 56.1. The lowest BCUT2D eigenvalue weighted by Gasteiger charge is -2.40. The Morgan fingerprint density at radius 3 is 1.27 bits per heavy atom. The number of allylic oxidation sites excluding steroid dienone is 16. The number of carbonyl (C=O) groups is 4. The van der Waals surface area contributed by atoms with Crippen molar-refractivity contribution in [3.63, 3.8) is 0 Å². The number of carboxylic acids is 1. The van der Waals surface area contributed by atoms with Crippen molar-refractivity contribution < 1.29 is 58.2 Å². The molecule has 0 amide bonds. The number of esters is 3. The van der Waals surface area contributed by atoms with E-state index >= 15 is 0 Å². The number of carbonyl (C=O) groups excluding carboxylic acids is 3. The predicted molar refractivity (Wildman–Crippen MR) is 312 cm³/mol. The summed E-state index contributed by atoms with van der Waals surface area (Å²) in [4.78, 5) is 51.1. The summed E-state index contributed by atoms with van der Waals surface area (Å²) in [6, 6.07) is 0. The van der Waals surface area contributed by atoms with Crippen LogP contribution in [0.2, 0.25) is 0 Å². The SMILES string of the molecule is CC/C=C\C/C=C\C/C=C\C/C=C\CCCCCCCCC(=O)OC1C(OCC(COC(=O)CCCCCCC/C=C\CCCCCCCC)OC(=O)CCCCC/C=C\C/C=C\C/C=C\CC)OC(C(=O)O)C(O)C1O. The molecule has 0 aromatic carbocycles. The Bertz CT molecular complexity index is 1710. The molecule has 1 saturated heterocycles. The van der Waals surface area contributed by atoms with Gasteiger partial charge in [0.15, 0.2) is 24.6 Å². The molecule has 0 aromatic rings. The molecule has 1 aliphatic heterocycles. The molecule has 0 radical (unpaired) electrons. The highest BCUT2D eigenvalue weighted by molar-refractivity contribution is 5.74. The molecule has 0 spiro atoms. The van der Waals surface area contributed by atoms with Gasteiger partial charge in [-0.15, -0.1) is 0 Å². The van der Waals surface area contributed by atoms with Crippen molar-refractivity contribution in [3.05, 3.63) is 97.2 Å². The van der Waals surface area contributed by atoms with Gasteiger partial charge in [0.1, 0.15) is 18.8 Å². The quantitative estimate of drug-likeness (QED) is 0.0228. The number of hydrogen-bond donors (Lipinski definition) is 3. The van der Waals surface area contributed by atoms with Crippen molar-refractivity contribution in [2.75, 3.05) is 13.2 Å². The van der Waals surface area contributed by atoms with E-state index in [4.69, 9.17) is 23.7 Å². The summed E-state index contributed by atoms with van der Waals surface area (Å²) >= 11 is 0. The topological polar surface area (TPSA) is 175 Å². The van der Waals surface area contributed by atoms with Crippen LogP contribution >= 0.6 is 0 Å². The molecule has 0 aliphatic carbocycles. The van der Waals surface area contributed by atoms with Gasteiger partial charge >= 0.3 is 23.9 Å². The summed E-state index contributed by atoms with van der Waals surface area (Å²) in [6.45, 7) is 5.72. The molecule has 1 fully saturated rings. The summed E-state index contributed by atoms with van der Waals surface area (Å²) in [6.07, 6.45) is 56.6. The second kappa shape index (κ2) is 52.3. The van der Waals surface area contributed by atoms with Gasteiger partial charge in [0.2, 0.25) is 0 Å². The lowest BCUT2D eigenvalue weighted by Crippen LogP contribution is -2.61. The van der Waals surface area contributed by atoms with Gasteiger partial charge in [0, 0.05) is 19.3 Å². The Kier molecular flexibility index (Phi) is 48.0. The molecule has 12 nitrogen and oxygen atoms in total. The van der Waals surface area contributed by atoms with Crippen LogP contribution in [-0.2, 0) is 42.9 Å². The number of aliphatic hydroxyl groups excluding tert-OH is 2. The Balaban J connectivity index is 2.70. The number of aliphatic hydroxyl groups is 2. The first-order valence-corrected chi connectivity index (χ1v) is 30.2. The summed E-state index contributed by atoms with van der Waals surface area (Å²) in [5.74, 6) is -3.19. The Hall–Kier alpha value is -4.36. The highest BCUT2D eigenvalue weighted by atomic mass is 16.7. The summed E-state index contributed by atoms with van der Waals surface area (Å²) in [5.41, 5.74) is 0. The maximum Gasteiger partial charge on any atom is 0.335 e. The van der Waals surface area contributed by atoms with E-state index in [2.05, 4.69) is 118 Å². The molecule has 1 heterocycles. The van der Waals surface area contributed by atoms with Crippen LogP contribution in [0.4, 0.5) is 0 Å². The third-order valence-corrected chi connectivity index (χ3v) is 13.1. The van der Waals surface area contributed by atoms with E-state index in [1.165, 1.54) is 38.5 Å². The Labute approximate surface area is 466 Å². The van der Waals surface area contributed by atoms with Gasteiger partial charge in [-0.25, -0.2) is 4.79 Å². The molecule has 1 aliphatic rings. The summed E-state index contributed by atoms with van der Waals surface area (Å²) in [5, 5.41) is 31.5. The highest BCUT2D eigenvalue weighted by Gasteiger charge is 2.50. The van der Waals surface area contributed by atoms with E-state index in [-0.39, 0.29) is 25.9 Å². The molecule has 12 heteroatoms. The van der Waals surface area contributed by atoms with Gasteiger partial charge < -0.3 is 39.0 Å². The second-order valence-corrected chi connectivity index (χ2v) is 20.2. The molecule has 6 unspecified atom stereocenters. The first kappa shape index (κ1) is 70.7. The van der Waals surface area contributed by atoms with Crippen LogP contribution in [0, 0.1) is 0 Å². The molecule has 6 atom stereocenters. The van der Waals surface area contributed by atoms with Gasteiger partial charge in [-0.05, 0) is 116 Å². The minimum atomic E-state index is -1.92. The van der Waals surface area contributed by atoms with Crippen LogP contribution in [0.1, 0.15) is 239 Å². The van der Waals surface area contributed by atoms with Gasteiger partial charge in [-0.1, -0.05) is 201 Å². The van der Waals surface area contributed by atoms with Crippen LogP contribution in [0.3, 0.4) is 0 Å². The van der Waals surface area contributed by atoms with Crippen molar-refractivity contribution in [2.24, 2.45) is 0 Å². The fourth-order valence-corrected chi connectivity index (χ4v) is 8.54. The number of ether oxygens (including phenoxy) is 5. The molecule has 0 saturated carbocycles. The van der Waals surface area contributed by atoms with Gasteiger partial charge in [0.25, 0.3) is 0 Å². The van der Waals surface area contributed by atoms with Crippen molar-refractivity contribution in [3.8, 4) is 0 Å². The first-order valence-electron chi connectivity index (χ1n) is 30.2. The van der Waals surface area contributed by atoms with E-state index in [1.807, 2.05) is 0 Å². The summed E-state index contributed by atoms with van der Waals surface area (Å²) < 4.78 is 28.4.